The lowest BCUT2D eigenvalue weighted by molar-refractivity contribution is -0.136. The number of nitrogens with zero attached hydrogens (tertiary/aromatic N) is 5. The Balaban J connectivity index is 1.30. The Morgan fingerprint density at radius 1 is 1.03 bits per heavy atom. The molecule has 0 saturated carbocycles. The average Bonchev–Trinajstić information content (AvgIpc) is 3.03. The fraction of sp³-hybridized carbons (Fsp3) is 0.536. The molecular weight excluding hydrogens is 438 g/mol. The highest BCUT2D eigenvalue weighted by atomic mass is 16.2. The molecule has 0 N–H and O–H groups in total. The molecule has 7 heteroatoms. The zero-order valence-electron chi connectivity index (χ0n) is 21.2. The molecule has 7 nitrogen and oxygen atoms in total. The number of aromatic nitrogens is 1. The first kappa shape index (κ1) is 23.8. The van der Waals surface area contributed by atoms with E-state index in [2.05, 4.69) is 53.9 Å². The van der Waals surface area contributed by atoms with Crippen LogP contribution in [0.3, 0.4) is 0 Å². The average molecular weight is 476 g/mol. The minimum Gasteiger partial charge on any atom is -0.374 e. The number of pyridine rings is 1. The highest BCUT2D eigenvalue weighted by Crippen LogP contribution is 2.39. The summed E-state index contributed by atoms with van der Waals surface area (Å²) in [5, 5.41) is 0. The second kappa shape index (κ2) is 9.61. The number of hydrogen-bond donors (Lipinski definition) is 0. The molecule has 186 valence electrons. The van der Waals surface area contributed by atoms with Gasteiger partial charge in [0, 0.05) is 51.7 Å². The molecule has 1 aromatic heterocycles. The maximum atomic E-state index is 13.8. The lowest BCUT2D eigenvalue weighted by Gasteiger charge is -2.42. The molecule has 2 fully saturated rings. The molecule has 1 aromatic carbocycles. The lowest BCUT2D eigenvalue weighted by atomic mass is 9.85. The number of hydrogen-bond acceptors (Lipinski definition) is 5. The van der Waals surface area contributed by atoms with Crippen LogP contribution in [-0.2, 0) is 24.3 Å². The zero-order valence-corrected chi connectivity index (χ0v) is 21.2. The standard InChI is InChI=1S/C28H37N5O2/c1-21(2)18-33-27(35)32(20-24-8-4-5-13-29-24)26(34)28(33)11-15-31(16-12-28)19-22-9-10-25-23(17-22)7-6-14-30(25)3/h4-5,8-10,13,17,21H,6-7,11-12,14-16,18-20H2,1-3H3. The maximum Gasteiger partial charge on any atom is 0.328 e. The summed E-state index contributed by atoms with van der Waals surface area (Å²) in [7, 11) is 2.17. The summed E-state index contributed by atoms with van der Waals surface area (Å²) in [6.07, 6.45) is 5.41. The number of anilines is 1. The van der Waals surface area contributed by atoms with Crippen molar-refractivity contribution in [2.75, 3.05) is 38.1 Å². The Morgan fingerprint density at radius 3 is 2.54 bits per heavy atom. The van der Waals surface area contributed by atoms with Gasteiger partial charge in [0.1, 0.15) is 5.54 Å². The van der Waals surface area contributed by atoms with Crippen LogP contribution < -0.4 is 4.90 Å². The van der Waals surface area contributed by atoms with Gasteiger partial charge in [-0.05, 0) is 60.9 Å². The van der Waals surface area contributed by atoms with Crippen molar-refractivity contribution in [1.82, 2.24) is 19.7 Å². The number of benzene rings is 1. The molecule has 2 aromatic rings. The highest BCUT2D eigenvalue weighted by molar-refractivity contribution is 6.07. The number of fused-ring (bicyclic) bond motifs is 1. The van der Waals surface area contributed by atoms with E-state index >= 15 is 0 Å². The van der Waals surface area contributed by atoms with E-state index < -0.39 is 5.54 Å². The molecule has 4 heterocycles. The van der Waals surface area contributed by atoms with Crippen LogP contribution in [0.25, 0.3) is 0 Å². The van der Waals surface area contributed by atoms with Gasteiger partial charge < -0.3 is 9.80 Å². The summed E-state index contributed by atoms with van der Waals surface area (Å²) in [5.74, 6) is 0.246. The van der Waals surface area contributed by atoms with E-state index in [1.54, 1.807) is 6.20 Å². The van der Waals surface area contributed by atoms with Gasteiger partial charge in [0.05, 0.1) is 12.2 Å². The van der Waals surface area contributed by atoms with E-state index in [0.29, 0.717) is 25.3 Å². The summed E-state index contributed by atoms with van der Waals surface area (Å²) >= 11 is 0. The molecule has 3 aliphatic heterocycles. The molecule has 0 bridgehead atoms. The predicted molar refractivity (Wildman–Crippen MR) is 137 cm³/mol. The van der Waals surface area contributed by atoms with Gasteiger partial charge in [-0.15, -0.1) is 0 Å². The Kier molecular flexibility index (Phi) is 6.53. The van der Waals surface area contributed by atoms with Crippen LogP contribution in [0.15, 0.2) is 42.6 Å². The molecule has 2 saturated heterocycles. The van der Waals surface area contributed by atoms with E-state index in [9.17, 15) is 9.59 Å². The molecular formula is C28H37N5O2. The minimum absolute atomic E-state index is 0.0507. The van der Waals surface area contributed by atoms with Gasteiger partial charge in [-0.2, -0.15) is 0 Å². The first-order chi connectivity index (χ1) is 16.9. The molecule has 3 aliphatic rings. The number of piperidine rings is 1. The van der Waals surface area contributed by atoms with Gasteiger partial charge >= 0.3 is 6.03 Å². The molecule has 3 amide bonds. The third-order valence-corrected chi connectivity index (χ3v) is 7.80. The van der Waals surface area contributed by atoms with E-state index in [4.69, 9.17) is 0 Å². The number of amides is 3. The predicted octanol–water partition coefficient (Wildman–Crippen LogP) is 3.92. The number of rotatable bonds is 6. The fourth-order valence-electron chi connectivity index (χ4n) is 5.95. The molecule has 35 heavy (non-hydrogen) atoms. The second-order valence-corrected chi connectivity index (χ2v) is 10.8. The summed E-state index contributed by atoms with van der Waals surface area (Å²) in [4.78, 5) is 39.6. The fourth-order valence-corrected chi connectivity index (χ4v) is 5.95. The first-order valence-electron chi connectivity index (χ1n) is 13.0. The van der Waals surface area contributed by atoms with Crippen LogP contribution in [0.2, 0.25) is 0 Å². The van der Waals surface area contributed by atoms with Crippen molar-refractivity contribution in [3.63, 3.8) is 0 Å². The van der Waals surface area contributed by atoms with Gasteiger partial charge in [-0.25, -0.2) is 4.79 Å². The van der Waals surface area contributed by atoms with Crippen molar-refractivity contribution in [1.29, 1.82) is 0 Å². The molecule has 0 unspecified atom stereocenters. The van der Waals surface area contributed by atoms with Crippen molar-refractivity contribution in [3.8, 4) is 0 Å². The Morgan fingerprint density at radius 2 is 1.83 bits per heavy atom. The number of imide groups is 1. The van der Waals surface area contributed by atoms with Crippen molar-refractivity contribution < 1.29 is 9.59 Å². The van der Waals surface area contributed by atoms with Gasteiger partial charge in [0.2, 0.25) is 0 Å². The quantitative estimate of drug-likeness (QED) is 0.593. The number of urea groups is 1. The van der Waals surface area contributed by atoms with Crippen molar-refractivity contribution >= 4 is 17.6 Å². The van der Waals surface area contributed by atoms with E-state index in [-0.39, 0.29) is 18.5 Å². The normalized spacial score (nSPS) is 20.3. The van der Waals surface area contributed by atoms with Crippen LogP contribution >= 0.6 is 0 Å². The Hall–Kier alpha value is -2.93. The molecule has 5 rings (SSSR count). The summed E-state index contributed by atoms with van der Waals surface area (Å²) in [5.41, 5.74) is 4.14. The van der Waals surface area contributed by atoms with Gasteiger partial charge in [-0.3, -0.25) is 19.6 Å². The van der Waals surface area contributed by atoms with Crippen LogP contribution in [0, 0.1) is 5.92 Å². The Labute approximate surface area is 208 Å². The molecule has 0 aliphatic carbocycles. The second-order valence-electron chi connectivity index (χ2n) is 10.8. The molecule has 1 spiro atoms. The van der Waals surface area contributed by atoms with Crippen LogP contribution in [-0.4, -0.2) is 70.4 Å². The summed E-state index contributed by atoms with van der Waals surface area (Å²) in [6, 6.07) is 12.3. The van der Waals surface area contributed by atoms with Crippen LogP contribution in [0.4, 0.5) is 10.5 Å². The van der Waals surface area contributed by atoms with Gasteiger partial charge in [-0.1, -0.05) is 32.0 Å². The van der Waals surface area contributed by atoms with Crippen molar-refractivity contribution in [3.05, 3.63) is 59.4 Å². The highest BCUT2D eigenvalue weighted by Gasteiger charge is 2.57. The van der Waals surface area contributed by atoms with E-state index in [0.717, 1.165) is 38.3 Å². The third kappa shape index (κ3) is 4.54. The van der Waals surface area contributed by atoms with Crippen LogP contribution in [0.5, 0.6) is 0 Å². The monoisotopic (exact) mass is 475 g/mol. The number of aryl methyl sites for hydroxylation is 1. The summed E-state index contributed by atoms with van der Waals surface area (Å²) in [6.45, 7) is 8.67. The van der Waals surface area contributed by atoms with Crippen molar-refractivity contribution in [2.45, 2.75) is 58.2 Å². The minimum atomic E-state index is -0.731. The topological polar surface area (TPSA) is 60.0 Å². The first-order valence-corrected chi connectivity index (χ1v) is 13.0. The number of likely N-dealkylation sites (tertiary alicyclic amines) is 1. The third-order valence-electron chi connectivity index (χ3n) is 7.80. The number of carbonyl (C=O) groups excluding carboxylic acids is 2. The molecule has 0 radical (unpaired) electrons. The Bertz CT molecular complexity index is 1080. The maximum absolute atomic E-state index is 13.8. The van der Waals surface area contributed by atoms with Gasteiger partial charge in [0.25, 0.3) is 5.91 Å². The SMILES string of the molecule is CC(C)CN1C(=O)N(Cc2ccccn2)C(=O)C12CCN(Cc1ccc3c(c1)CCCN3C)CC2. The lowest BCUT2D eigenvalue weighted by Crippen LogP contribution is -2.57. The number of carbonyl (C=O) groups is 2. The van der Waals surface area contributed by atoms with Gasteiger partial charge in [0.15, 0.2) is 0 Å². The smallest absolute Gasteiger partial charge is 0.328 e. The summed E-state index contributed by atoms with van der Waals surface area (Å²) < 4.78 is 0. The van der Waals surface area contributed by atoms with E-state index in [1.807, 2.05) is 23.1 Å². The van der Waals surface area contributed by atoms with Crippen molar-refractivity contribution in [2.24, 2.45) is 5.92 Å². The largest absolute Gasteiger partial charge is 0.374 e. The van der Waals surface area contributed by atoms with Crippen LogP contribution in [0.1, 0.15) is 49.9 Å². The van der Waals surface area contributed by atoms with E-state index in [1.165, 1.54) is 28.1 Å². The molecule has 0 atom stereocenters. The zero-order chi connectivity index (χ0) is 24.6.